The highest BCUT2D eigenvalue weighted by atomic mass is 32.2. The number of rotatable bonds is 8. The Morgan fingerprint density at radius 2 is 1.50 bits per heavy atom. The second-order valence-electron chi connectivity index (χ2n) is 8.57. The van der Waals surface area contributed by atoms with E-state index in [1.54, 1.807) is 19.2 Å². The van der Waals surface area contributed by atoms with E-state index in [1.807, 2.05) is 30.3 Å². The fourth-order valence-corrected chi connectivity index (χ4v) is 5.57. The van der Waals surface area contributed by atoms with Gasteiger partial charge in [-0.3, -0.25) is 4.55 Å². The van der Waals surface area contributed by atoms with Crippen molar-refractivity contribution >= 4 is 10.1 Å². The van der Waals surface area contributed by atoms with E-state index in [9.17, 15) is 13.0 Å². The first-order valence-corrected chi connectivity index (χ1v) is 12.2. The first-order valence-electron chi connectivity index (χ1n) is 10.7. The predicted molar refractivity (Wildman–Crippen MR) is 125 cm³/mol. The third-order valence-electron chi connectivity index (χ3n) is 6.04. The molecule has 0 aliphatic heterocycles. The van der Waals surface area contributed by atoms with Gasteiger partial charge in [-0.2, -0.15) is 8.42 Å². The molecule has 5 nitrogen and oxygen atoms in total. The maximum atomic E-state index is 12.3. The minimum atomic E-state index is -4.50. The lowest BCUT2D eigenvalue weighted by molar-refractivity contribution is 0.144. The molecule has 0 spiro atoms. The van der Waals surface area contributed by atoms with Crippen molar-refractivity contribution in [3.05, 3.63) is 83.4 Å². The average Bonchev–Trinajstić information content (AvgIpc) is 3.04. The van der Waals surface area contributed by atoms with Crippen molar-refractivity contribution in [2.45, 2.75) is 30.6 Å². The summed E-state index contributed by atoms with van der Waals surface area (Å²) < 4.78 is 45.2. The molecule has 1 aliphatic carbocycles. The molecule has 3 aromatic carbocycles. The minimum Gasteiger partial charge on any atom is -0.490 e. The maximum absolute atomic E-state index is 12.3. The fourth-order valence-electron chi connectivity index (χ4n) is 4.92. The highest BCUT2D eigenvalue weighted by Crippen LogP contribution is 2.55. The van der Waals surface area contributed by atoms with Gasteiger partial charge in [-0.15, -0.1) is 0 Å². The Labute approximate surface area is 189 Å². The van der Waals surface area contributed by atoms with Crippen LogP contribution in [0.2, 0.25) is 0 Å². The Balaban J connectivity index is 1.98. The monoisotopic (exact) mass is 452 g/mol. The number of benzene rings is 3. The van der Waals surface area contributed by atoms with Gasteiger partial charge in [0.25, 0.3) is 10.1 Å². The lowest BCUT2D eigenvalue weighted by Gasteiger charge is -2.35. The molecule has 0 saturated heterocycles. The first kappa shape index (κ1) is 22.5. The van der Waals surface area contributed by atoms with Crippen molar-refractivity contribution < 1.29 is 22.4 Å². The van der Waals surface area contributed by atoms with Crippen LogP contribution in [-0.4, -0.2) is 33.3 Å². The molecule has 0 aromatic heterocycles. The number of hydrogen-bond donors (Lipinski definition) is 1. The Morgan fingerprint density at radius 3 is 2.03 bits per heavy atom. The molecule has 3 aromatic rings. The van der Waals surface area contributed by atoms with E-state index < -0.39 is 15.5 Å². The zero-order chi connectivity index (χ0) is 22.9. The van der Waals surface area contributed by atoms with Crippen LogP contribution in [-0.2, 0) is 20.3 Å². The van der Waals surface area contributed by atoms with E-state index in [0.717, 1.165) is 34.2 Å². The zero-order valence-corrected chi connectivity index (χ0v) is 19.4. The lowest BCUT2D eigenvalue weighted by atomic mass is 9.68. The van der Waals surface area contributed by atoms with E-state index in [4.69, 9.17) is 9.47 Å². The van der Waals surface area contributed by atoms with Crippen molar-refractivity contribution in [2.24, 2.45) is 5.92 Å². The number of methoxy groups -OCH3 is 1. The molecule has 6 heteroatoms. The van der Waals surface area contributed by atoms with E-state index in [-0.39, 0.29) is 17.3 Å². The molecular weight excluding hydrogens is 424 g/mol. The van der Waals surface area contributed by atoms with Gasteiger partial charge < -0.3 is 9.47 Å². The standard InChI is InChI=1S/C26H28O5S/c1-18(2)17-26(22-10-6-4-8-20(22)21-9-5-7-11-23(21)26)19-12-13-24(31-15-14-30-3)25(16-19)32(27,28)29/h4-13,16,18H,14-15,17H2,1-3H3,(H,27,28,29). The predicted octanol–water partition coefficient (Wildman–Crippen LogP) is 5.32. The first-order chi connectivity index (χ1) is 15.3. The molecule has 0 radical (unpaired) electrons. The molecule has 0 unspecified atom stereocenters. The molecule has 0 saturated carbocycles. The molecule has 4 rings (SSSR count). The normalized spacial score (nSPS) is 14.3. The number of ether oxygens (including phenoxy) is 2. The Kier molecular flexibility index (Phi) is 6.12. The summed E-state index contributed by atoms with van der Waals surface area (Å²) in [6.45, 7) is 4.82. The van der Waals surface area contributed by atoms with Crippen LogP contribution in [0, 0.1) is 5.92 Å². The van der Waals surface area contributed by atoms with Crippen molar-refractivity contribution in [1.82, 2.24) is 0 Å². The van der Waals surface area contributed by atoms with Crippen molar-refractivity contribution in [2.75, 3.05) is 20.3 Å². The summed E-state index contributed by atoms with van der Waals surface area (Å²) in [7, 11) is -2.96. The summed E-state index contributed by atoms with van der Waals surface area (Å²) in [5, 5.41) is 0. The lowest BCUT2D eigenvalue weighted by Crippen LogP contribution is -2.29. The Bertz CT molecular complexity index is 1180. The van der Waals surface area contributed by atoms with Crippen LogP contribution in [0.3, 0.4) is 0 Å². The number of hydrogen-bond acceptors (Lipinski definition) is 4. The van der Waals surface area contributed by atoms with Gasteiger partial charge in [-0.25, -0.2) is 0 Å². The molecule has 0 atom stereocenters. The second-order valence-corrected chi connectivity index (χ2v) is 9.96. The summed E-state index contributed by atoms with van der Waals surface area (Å²) in [6, 6.07) is 21.7. The molecule has 0 bridgehead atoms. The van der Waals surface area contributed by atoms with Gasteiger partial charge in [-0.05, 0) is 52.3 Å². The largest absolute Gasteiger partial charge is 0.490 e. The van der Waals surface area contributed by atoms with Crippen LogP contribution in [0.1, 0.15) is 37.0 Å². The summed E-state index contributed by atoms with van der Waals surface area (Å²) in [4.78, 5) is -0.226. The van der Waals surface area contributed by atoms with Gasteiger partial charge in [0, 0.05) is 12.5 Å². The second kappa shape index (κ2) is 8.70. The SMILES string of the molecule is COCCOc1ccc(C2(CC(C)C)c3ccccc3-c3ccccc32)cc1S(=O)(=O)O. The molecule has 1 aliphatic rings. The summed E-state index contributed by atoms with van der Waals surface area (Å²) in [5.41, 5.74) is 4.87. The van der Waals surface area contributed by atoms with Crippen LogP contribution in [0.4, 0.5) is 0 Å². The number of fused-ring (bicyclic) bond motifs is 3. The van der Waals surface area contributed by atoms with Gasteiger partial charge >= 0.3 is 0 Å². The van der Waals surface area contributed by atoms with Gasteiger partial charge in [0.1, 0.15) is 17.3 Å². The van der Waals surface area contributed by atoms with E-state index in [1.165, 1.54) is 0 Å². The maximum Gasteiger partial charge on any atom is 0.298 e. The smallest absolute Gasteiger partial charge is 0.298 e. The molecule has 168 valence electrons. The van der Waals surface area contributed by atoms with Gasteiger partial charge in [0.05, 0.1) is 6.61 Å². The fraction of sp³-hybridized carbons (Fsp3) is 0.308. The van der Waals surface area contributed by atoms with Crippen LogP contribution in [0.25, 0.3) is 11.1 Å². The summed E-state index contributed by atoms with van der Waals surface area (Å²) in [5.74, 6) is 0.452. The van der Waals surface area contributed by atoms with Crippen molar-refractivity contribution in [3.63, 3.8) is 0 Å². The van der Waals surface area contributed by atoms with E-state index >= 15 is 0 Å². The zero-order valence-electron chi connectivity index (χ0n) is 18.5. The van der Waals surface area contributed by atoms with Crippen molar-refractivity contribution in [1.29, 1.82) is 0 Å². The molecule has 0 heterocycles. The van der Waals surface area contributed by atoms with Crippen LogP contribution in [0.5, 0.6) is 5.75 Å². The van der Waals surface area contributed by atoms with Gasteiger partial charge in [0.15, 0.2) is 0 Å². The average molecular weight is 453 g/mol. The third-order valence-corrected chi connectivity index (χ3v) is 6.91. The molecule has 0 amide bonds. The van der Waals surface area contributed by atoms with Crippen LogP contribution in [0.15, 0.2) is 71.6 Å². The molecule has 0 fully saturated rings. The highest BCUT2D eigenvalue weighted by Gasteiger charge is 2.45. The van der Waals surface area contributed by atoms with Crippen molar-refractivity contribution in [3.8, 4) is 16.9 Å². The summed E-state index contributed by atoms with van der Waals surface area (Å²) >= 11 is 0. The Hall–Kier alpha value is -2.67. The molecule has 32 heavy (non-hydrogen) atoms. The van der Waals surface area contributed by atoms with Crippen LogP contribution < -0.4 is 4.74 Å². The minimum absolute atomic E-state index is 0.118. The molecular formula is C26H28O5S. The summed E-state index contributed by atoms with van der Waals surface area (Å²) in [6.07, 6.45) is 0.788. The molecule has 1 N–H and O–H groups in total. The van der Waals surface area contributed by atoms with Gasteiger partial charge in [-0.1, -0.05) is 68.4 Å². The third kappa shape index (κ3) is 3.83. The Morgan fingerprint density at radius 1 is 0.906 bits per heavy atom. The topological polar surface area (TPSA) is 72.8 Å². The van der Waals surface area contributed by atoms with Crippen LogP contribution >= 0.6 is 0 Å². The van der Waals surface area contributed by atoms with E-state index in [2.05, 4.69) is 38.1 Å². The quantitative estimate of drug-likeness (QED) is 0.370. The van der Waals surface area contributed by atoms with Gasteiger partial charge in [0.2, 0.25) is 0 Å². The van der Waals surface area contributed by atoms with E-state index in [0.29, 0.717) is 12.5 Å². The highest BCUT2D eigenvalue weighted by molar-refractivity contribution is 7.86.